The van der Waals surface area contributed by atoms with Crippen molar-refractivity contribution in [2.24, 2.45) is 5.73 Å². The number of halogens is 3. The number of amides is 2. The molecule has 1 aromatic carbocycles. The van der Waals surface area contributed by atoms with Gasteiger partial charge >= 0.3 is 6.18 Å². The Kier molecular flexibility index (Phi) is 8.81. The number of H-pyrrole nitrogens is 1. The first-order valence-corrected chi connectivity index (χ1v) is 12.4. The van der Waals surface area contributed by atoms with Crippen LogP contribution in [0.2, 0.25) is 0 Å². The summed E-state index contributed by atoms with van der Waals surface area (Å²) in [6.07, 6.45) is 0.949. The maximum atomic E-state index is 13.4. The van der Waals surface area contributed by atoms with Crippen molar-refractivity contribution in [3.63, 3.8) is 0 Å². The molecule has 2 amide bonds. The molecule has 0 atom stereocenters. The van der Waals surface area contributed by atoms with E-state index in [0.717, 1.165) is 6.20 Å². The van der Waals surface area contributed by atoms with E-state index in [9.17, 15) is 27.6 Å². The second kappa shape index (κ2) is 12.5. The minimum Gasteiger partial charge on any atom is -0.426 e. The van der Waals surface area contributed by atoms with Crippen LogP contribution in [0.3, 0.4) is 0 Å². The lowest BCUT2D eigenvalue weighted by atomic mass is 10.0. The van der Waals surface area contributed by atoms with Gasteiger partial charge in [0, 0.05) is 49.6 Å². The summed E-state index contributed by atoms with van der Waals surface area (Å²) in [6, 6.07) is 3.03. The molecule has 13 nitrogen and oxygen atoms in total. The number of imidazole rings is 1. The minimum atomic E-state index is -4.66. The second-order valence-electron chi connectivity index (χ2n) is 8.57. The third-order valence-electron chi connectivity index (χ3n) is 6.01. The summed E-state index contributed by atoms with van der Waals surface area (Å²) in [7, 11) is 0. The topological polar surface area (TPSA) is 181 Å². The van der Waals surface area contributed by atoms with E-state index in [0.29, 0.717) is 12.0 Å². The molecular weight excluding hydrogens is 547 g/mol. The van der Waals surface area contributed by atoms with Gasteiger partial charge in [-0.2, -0.15) is 18.3 Å². The number of rotatable bonds is 12. The number of anilines is 2. The average molecular weight is 574 g/mol. The monoisotopic (exact) mass is 573 g/mol. The molecule has 0 saturated carbocycles. The smallest absolute Gasteiger partial charge is 0.426 e. The molecule has 6 N–H and O–H groups in total. The molecule has 4 rings (SSSR count). The largest absolute Gasteiger partial charge is 0.433 e. The molecular formula is C25H26F3N9O4. The molecule has 216 valence electrons. The molecule has 16 heteroatoms. The first kappa shape index (κ1) is 29.0. The van der Waals surface area contributed by atoms with Gasteiger partial charge in [-0.3, -0.25) is 23.9 Å². The van der Waals surface area contributed by atoms with Gasteiger partial charge in [-0.05, 0) is 18.6 Å². The number of nitrogens with zero attached hydrogens (tertiary/aromatic N) is 4. The Labute approximate surface area is 230 Å². The van der Waals surface area contributed by atoms with E-state index in [2.05, 4.69) is 31.0 Å². The first-order valence-electron chi connectivity index (χ1n) is 12.4. The Morgan fingerprint density at radius 3 is 2.66 bits per heavy atom. The molecule has 0 aliphatic rings. The summed E-state index contributed by atoms with van der Waals surface area (Å²) >= 11 is 0. The van der Waals surface area contributed by atoms with Gasteiger partial charge in [-0.15, -0.1) is 0 Å². The van der Waals surface area contributed by atoms with Crippen LogP contribution in [0.15, 0.2) is 36.9 Å². The van der Waals surface area contributed by atoms with Crippen molar-refractivity contribution in [2.75, 3.05) is 25.0 Å². The van der Waals surface area contributed by atoms with Crippen LogP contribution in [0.5, 0.6) is 5.75 Å². The number of ether oxygens (including phenoxy) is 1. The quantitative estimate of drug-likeness (QED) is 0.125. The Morgan fingerprint density at radius 1 is 1.17 bits per heavy atom. The van der Waals surface area contributed by atoms with E-state index in [1.807, 2.05) is 5.10 Å². The molecule has 0 radical (unpaired) electrons. The Hall–Kier alpha value is -4.99. The molecule has 0 fully saturated rings. The van der Waals surface area contributed by atoms with E-state index in [1.165, 1.54) is 35.1 Å². The van der Waals surface area contributed by atoms with Crippen molar-refractivity contribution in [3.8, 4) is 17.0 Å². The van der Waals surface area contributed by atoms with Crippen LogP contribution in [0.25, 0.3) is 16.9 Å². The minimum absolute atomic E-state index is 0.0659. The fraction of sp³-hybridized carbons (Fsp3) is 0.280. The van der Waals surface area contributed by atoms with Crippen LogP contribution in [-0.2, 0) is 22.2 Å². The Balaban J connectivity index is 1.62. The lowest BCUT2D eigenvalue weighted by molar-refractivity contribution is -0.140. The highest BCUT2D eigenvalue weighted by molar-refractivity contribution is 5.98. The third-order valence-corrected chi connectivity index (χ3v) is 6.01. The number of hydrogen-bond donors (Lipinski definition) is 5. The van der Waals surface area contributed by atoms with E-state index >= 15 is 0 Å². The number of aromatic nitrogens is 5. The molecule has 0 bridgehead atoms. The van der Waals surface area contributed by atoms with Crippen molar-refractivity contribution in [3.05, 3.63) is 53.7 Å². The highest BCUT2D eigenvalue weighted by Crippen LogP contribution is 2.37. The summed E-state index contributed by atoms with van der Waals surface area (Å²) in [5.41, 5.74) is 5.35. The number of hydrogen-bond acceptors (Lipinski definition) is 9. The van der Waals surface area contributed by atoms with Crippen LogP contribution < -0.4 is 26.4 Å². The van der Waals surface area contributed by atoms with Crippen LogP contribution in [-0.4, -0.2) is 62.5 Å². The van der Waals surface area contributed by atoms with Crippen LogP contribution in [0, 0.1) is 0 Å². The van der Waals surface area contributed by atoms with Gasteiger partial charge < -0.3 is 26.4 Å². The predicted molar refractivity (Wildman–Crippen MR) is 140 cm³/mol. The lowest BCUT2D eigenvalue weighted by Crippen LogP contribution is -2.35. The summed E-state index contributed by atoms with van der Waals surface area (Å²) in [4.78, 5) is 44.3. The second-order valence-corrected chi connectivity index (χ2v) is 8.57. The Bertz CT molecular complexity index is 1570. The highest BCUT2D eigenvalue weighted by Gasteiger charge is 2.36. The standard InChI is InChI=1S/C25H26F3N9O4/c1-2-14-15(24(40)32-8-7-30-19(39)5-6-29)3-4-17(20(14)41-13-38)35-22-23-33-12-18(37(23)10-9-31-22)16-11-34-36-21(16)25(26,27)28/h3-4,9-13H,2,5-8,29H2,1H3,(H,30,39)(H,31,35)(H,32,40)(H,34,36). The number of alkyl halides is 3. The summed E-state index contributed by atoms with van der Waals surface area (Å²) in [5.74, 6) is -0.460. The van der Waals surface area contributed by atoms with Crippen LogP contribution in [0.4, 0.5) is 24.7 Å². The van der Waals surface area contributed by atoms with Gasteiger partial charge in [0.25, 0.3) is 12.4 Å². The maximum Gasteiger partial charge on any atom is 0.433 e. The number of nitrogens with two attached hydrogens (primary N) is 1. The lowest BCUT2D eigenvalue weighted by Gasteiger charge is -2.17. The number of nitrogens with one attached hydrogen (secondary N) is 4. The average Bonchev–Trinajstić information content (AvgIpc) is 3.60. The van der Waals surface area contributed by atoms with E-state index in [-0.39, 0.29) is 78.2 Å². The summed E-state index contributed by atoms with van der Waals surface area (Å²) in [6.45, 7) is 2.56. The van der Waals surface area contributed by atoms with Crippen LogP contribution >= 0.6 is 0 Å². The van der Waals surface area contributed by atoms with E-state index in [4.69, 9.17) is 10.5 Å². The fourth-order valence-corrected chi connectivity index (χ4v) is 4.20. The zero-order valence-electron chi connectivity index (χ0n) is 21.7. The SMILES string of the molecule is CCc1c(C(=O)NCCNC(=O)CCN)ccc(Nc2nccn3c(-c4cn[nH]c4C(F)(F)F)cnc23)c1OC=O. The zero-order chi connectivity index (χ0) is 29.6. The van der Waals surface area contributed by atoms with Gasteiger partial charge in [0.1, 0.15) is 5.69 Å². The third kappa shape index (κ3) is 6.27. The summed E-state index contributed by atoms with van der Waals surface area (Å²) in [5, 5.41) is 13.8. The molecule has 3 heterocycles. The van der Waals surface area contributed by atoms with Crippen molar-refractivity contribution < 1.29 is 32.3 Å². The molecule has 0 unspecified atom stereocenters. The number of carbonyl (C=O) groups is 3. The molecule has 0 aliphatic heterocycles. The number of fused-ring (bicyclic) bond motifs is 1. The van der Waals surface area contributed by atoms with Crippen molar-refractivity contribution in [1.82, 2.24) is 35.2 Å². The highest BCUT2D eigenvalue weighted by atomic mass is 19.4. The van der Waals surface area contributed by atoms with Crippen molar-refractivity contribution >= 4 is 35.4 Å². The normalized spacial score (nSPS) is 11.3. The van der Waals surface area contributed by atoms with E-state index in [1.54, 1.807) is 6.92 Å². The molecule has 0 aliphatic carbocycles. The molecule has 41 heavy (non-hydrogen) atoms. The number of carbonyl (C=O) groups excluding carboxylic acids is 3. The molecule has 0 spiro atoms. The van der Waals surface area contributed by atoms with Crippen molar-refractivity contribution in [2.45, 2.75) is 25.9 Å². The number of benzene rings is 1. The number of aromatic amines is 1. The zero-order valence-corrected chi connectivity index (χ0v) is 21.7. The summed E-state index contributed by atoms with van der Waals surface area (Å²) < 4.78 is 47.0. The van der Waals surface area contributed by atoms with Gasteiger partial charge in [-0.1, -0.05) is 6.92 Å². The van der Waals surface area contributed by atoms with Gasteiger partial charge in [0.15, 0.2) is 17.2 Å². The molecule has 3 aromatic heterocycles. The molecule has 4 aromatic rings. The van der Waals surface area contributed by atoms with Crippen LogP contribution in [0.1, 0.15) is 35.0 Å². The Morgan fingerprint density at radius 2 is 1.95 bits per heavy atom. The van der Waals surface area contributed by atoms with Crippen molar-refractivity contribution in [1.29, 1.82) is 0 Å². The van der Waals surface area contributed by atoms with Gasteiger partial charge in [0.05, 0.1) is 29.3 Å². The van der Waals surface area contributed by atoms with Gasteiger partial charge in [0.2, 0.25) is 5.91 Å². The van der Waals surface area contributed by atoms with E-state index < -0.39 is 17.8 Å². The predicted octanol–water partition coefficient (Wildman–Crippen LogP) is 2.17. The van der Waals surface area contributed by atoms with Gasteiger partial charge in [-0.25, -0.2) is 9.97 Å². The fourth-order valence-electron chi connectivity index (χ4n) is 4.20. The molecule has 0 saturated heterocycles. The first-order chi connectivity index (χ1) is 19.7. The maximum absolute atomic E-state index is 13.4.